The Morgan fingerprint density at radius 2 is 1.43 bits per heavy atom. The first kappa shape index (κ1) is 27.3. The van der Waals surface area contributed by atoms with Crippen LogP contribution in [0.25, 0.3) is 0 Å². The van der Waals surface area contributed by atoms with E-state index in [1.165, 1.54) is 81.9 Å². The number of hydrogen-bond acceptors (Lipinski definition) is 1. The van der Waals surface area contributed by atoms with Gasteiger partial charge in [0.15, 0.2) is 11.6 Å². The molecule has 0 unspecified atom stereocenters. The lowest BCUT2D eigenvalue weighted by Crippen LogP contribution is -2.13. The van der Waals surface area contributed by atoms with Crippen LogP contribution in [-0.2, 0) is 0 Å². The average Bonchev–Trinajstić information content (AvgIpc) is 2.89. The van der Waals surface area contributed by atoms with Crippen molar-refractivity contribution in [1.82, 2.24) is 0 Å². The minimum absolute atomic E-state index is 0.0419. The van der Waals surface area contributed by atoms with Crippen LogP contribution in [0, 0.1) is 29.4 Å². The van der Waals surface area contributed by atoms with Crippen LogP contribution in [0.15, 0.2) is 36.4 Å². The van der Waals surface area contributed by atoms with E-state index >= 15 is 0 Å². The van der Waals surface area contributed by atoms with Gasteiger partial charge in [-0.3, -0.25) is 0 Å². The number of hydrogen-bond donors (Lipinski definition) is 0. The van der Waals surface area contributed by atoms with E-state index in [9.17, 15) is 8.78 Å². The van der Waals surface area contributed by atoms with E-state index in [4.69, 9.17) is 4.74 Å². The predicted molar refractivity (Wildman–Crippen MR) is 142 cm³/mol. The van der Waals surface area contributed by atoms with Crippen LogP contribution in [0.5, 0.6) is 5.75 Å². The smallest absolute Gasteiger partial charge is 0.201 e. The van der Waals surface area contributed by atoms with E-state index in [0.29, 0.717) is 12.5 Å². The van der Waals surface area contributed by atoms with Crippen molar-refractivity contribution in [3.05, 3.63) is 64.7 Å². The molecule has 1 fully saturated rings. The van der Waals surface area contributed by atoms with E-state index in [1.54, 1.807) is 0 Å². The molecule has 0 atom stereocenters. The molecule has 190 valence electrons. The maximum absolute atomic E-state index is 14.5. The molecule has 0 spiro atoms. The van der Waals surface area contributed by atoms with Gasteiger partial charge in [0.05, 0.1) is 12.2 Å². The summed E-state index contributed by atoms with van der Waals surface area (Å²) in [5.74, 6) is 5.37. The molecular formula is C32H42F2O. The quantitative estimate of drug-likeness (QED) is 0.217. The summed E-state index contributed by atoms with van der Waals surface area (Å²) in [6, 6.07) is 11.3. The predicted octanol–water partition coefficient (Wildman–Crippen LogP) is 9.57. The lowest BCUT2D eigenvalue weighted by Gasteiger charge is -2.29. The fourth-order valence-corrected chi connectivity index (χ4v) is 5.07. The van der Waals surface area contributed by atoms with Gasteiger partial charge in [0.1, 0.15) is 0 Å². The Hall–Kier alpha value is -2.34. The molecule has 0 bridgehead atoms. The zero-order valence-electron chi connectivity index (χ0n) is 21.7. The highest BCUT2D eigenvalue weighted by molar-refractivity contribution is 5.46. The highest BCUT2D eigenvalue weighted by Crippen LogP contribution is 2.37. The SMILES string of the molecule is CCCCCCCC1CCC(c2ccc(C#Cc3ccc(OCCCCC)c(F)c3F)cc2)CC1. The van der Waals surface area contributed by atoms with Gasteiger partial charge in [0.2, 0.25) is 5.82 Å². The molecule has 1 aliphatic carbocycles. The number of unbranched alkanes of at least 4 members (excludes halogenated alkanes) is 6. The topological polar surface area (TPSA) is 9.23 Å². The van der Waals surface area contributed by atoms with Crippen LogP contribution >= 0.6 is 0 Å². The molecule has 0 amide bonds. The standard InChI is InChI=1S/C32H42F2O/c1-3-5-7-8-9-11-25-12-17-27(18-13-25)28-19-14-26(15-20-28)16-21-29-22-23-30(32(34)31(29)33)35-24-10-6-4-2/h14-15,19-20,22-23,25,27H,3-13,17-18,24H2,1-2H3. The lowest BCUT2D eigenvalue weighted by molar-refractivity contribution is 0.286. The number of ether oxygens (including phenoxy) is 1. The lowest BCUT2D eigenvalue weighted by atomic mass is 9.77. The molecule has 2 aromatic rings. The van der Waals surface area contributed by atoms with Crippen molar-refractivity contribution in [3.8, 4) is 17.6 Å². The number of rotatable bonds is 12. The van der Waals surface area contributed by atoms with Crippen molar-refractivity contribution >= 4 is 0 Å². The first-order valence-corrected chi connectivity index (χ1v) is 13.8. The minimum atomic E-state index is -0.958. The zero-order chi connectivity index (χ0) is 24.9. The maximum atomic E-state index is 14.5. The number of halogens is 2. The third kappa shape index (κ3) is 8.68. The maximum Gasteiger partial charge on any atom is 0.201 e. The Labute approximate surface area is 211 Å². The monoisotopic (exact) mass is 480 g/mol. The summed E-state index contributed by atoms with van der Waals surface area (Å²) in [6.07, 6.45) is 16.3. The van der Waals surface area contributed by atoms with E-state index in [-0.39, 0.29) is 11.3 Å². The van der Waals surface area contributed by atoms with Gasteiger partial charge in [-0.2, -0.15) is 4.39 Å². The second kappa shape index (κ2) is 14.9. The van der Waals surface area contributed by atoms with E-state index in [2.05, 4.69) is 37.8 Å². The Kier molecular flexibility index (Phi) is 11.6. The highest BCUT2D eigenvalue weighted by atomic mass is 19.2. The normalized spacial score (nSPS) is 17.6. The number of benzene rings is 2. The van der Waals surface area contributed by atoms with E-state index in [1.807, 2.05) is 12.1 Å². The van der Waals surface area contributed by atoms with Crippen molar-refractivity contribution in [1.29, 1.82) is 0 Å². The molecule has 2 aromatic carbocycles. The Balaban J connectivity index is 1.50. The van der Waals surface area contributed by atoms with Crippen molar-refractivity contribution in [2.75, 3.05) is 6.61 Å². The van der Waals surface area contributed by atoms with Crippen molar-refractivity contribution in [2.45, 2.75) is 103 Å². The summed E-state index contributed by atoms with van der Waals surface area (Å²) in [4.78, 5) is 0. The molecule has 3 rings (SSSR count). The Morgan fingerprint density at radius 3 is 2.14 bits per heavy atom. The second-order valence-corrected chi connectivity index (χ2v) is 10.1. The van der Waals surface area contributed by atoms with Gasteiger partial charge in [-0.1, -0.05) is 89.2 Å². The molecule has 0 N–H and O–H groups in total. The van der Waals surface area contributed by atoms with Gasteiger partial charge >= 0.3 is 0 Å². The van der Waals surface area contributed by atoms with Gasteiger partial charge in [-0.25, -0.2) is 4.39 Å². The van der Waals surface area contributed by atoms with Crippen LogP contribution in [0.4, 0.5) is 8.78 Å². The largest absolute Gasteiger partial charge is 0.490 e. The molecule has 1 aliphatic rings. The third-order valence-electron chi connectivity index (χ3n) is 7.34. The molecule has 3 heteroatoms. The van der Waals surface area contributed by atoms with Crippen molar-refractivity contribution in [3.63, 3.8) is 0 Å². The van der Waals surface area contributed by atoms with Crippen LogP contribution in [-0.4, -0.2) is 6.61 Å². The molecule has 0 heterocycles. The molecule has 0 aromatic heterocycles. The Morgan fingerprint density at radius 1 is 0.743 bits per heavy atom. The zero-order valence-corrected chi connectivity index (χ0v) is 21.7. The van der Waals surface area contributed by atoms with Crippen LogP contribution in [0.2, 0.25) is 0 Å². The molecule has 0 radical (unpaired) electrons. The van der Waals surface area contributed by atoms with Gasteiger partial charge in [0.25, 0.3) is 0 Å². The fourth-order valence-electron chi connectivity index (χ4n) is 5.07. The summed E-state index contributed by atoms with van der Waals surface area (Å²) in [7, 11) is 0. The molecule has 35 heavy (non-hydrogen) atoms. The van der Waals surface area contributed by atoms with Gasteiger partial charge < -0.3 is 4.74 Å². The van der Waals surface area contributed by atoms with Gasteiger partial charge in [-0.15, -0.1) is 0 Å². The summed E-state index contributed by atoms with van der Waals surface area (Å²) < 4.78 is 34.2. The van der Waals surface area contributed by atoms with Crippen LogP contribution < -0.4 is 4.74 Å². The average molecular weight is 481 g/mol. The third-order valence-corrected chi connectivity index (χ3v) is 7.34. The summed E-state index contributed by atoms with van der Waals surface area (Å²) in [5.41, 5.74) is 2.24. The van der Waals surface area contributed by atoms with Crippen LogP contribution in [0.1, 0.15) is 120 Å². The molecular weight excluding hydrogens is 438 g/mol. The Bertz CT molecular complexity index is 946. The summed E-state index contributed by atoms with van der Waals surface area (Å²) in [5, 5.41) is 0. The van der Waals surface area contributed by atoms with Crippen LogP contribution in [0.3, 0.4) is 0 Å². The van der Waals surface area contributed by atoms with Gasteiger partial charge in [-0.05, 0) is 73.8 Å². The first-order chi connectivity index (χ1) is 17.1. The van der Waals surface area contributed by atoms with Crippen molar-refractivity contribution < 1.29 is 13.5 Å². The van der Waals surface area contributed by atoms with Gasteiger partial charge in [0, 0.05) is 5.56 Å². The fraction of sp³-hybridized carbons (Fsp3) is 0.562. The van der Waals surface area contributed by atoms with E-state index < -0.39 is 11.6 Å². The summed E-state index contributed by atoms with van der Waals surface area (Å²) >= 11 is 0. The summed E-state index contributed by atoms with van der Waals surface area (Å²) in [6.45, 7) is 4.75. The van der Waals surface area contributed by atoms with E-state index in [0.717, 1.165) is 30.7 Å². The molecule has 0 aliphatic heterocycles. The molecule has 0 saturated heterocycles. The minimum Gasteiger partial charge on any atom is -0.490 e. The first-order valence-electron chi connectivity index (χ1n) is 13.8. The second-order valence-electron chi connectivity index (χ2n) is 10.1. The molecule has 1 nitrogen and oxygen atoms in total. The highest BCUT2D eigenvalue weighted by Gasteiger charge is 2.22. The van der Waals surface area contributed by atoms with Crippen molar-refractivity contribution in [2.24, 2.45) is 5.92 Å². The molecule has 1 saturated carbocycles.